The van der Waals surface area contributed by atoms with Crippen LogP contribution in [0.5, 0.6) is 0 Å². The Morgan fingerprint density at radius 3 is 2.91 bits per heavy atom. The van der Waals surface area contributed by atoms with Gasteiger partial charge in [-0.2, -0.15) is 0 Å². The number of carbonyl (C=O) groups excluding carboxylic acids is 2. The monoisotopic (exact) mass is 303 g/mol. The van der Waals surface area contributed by atoms with E-state index in [0.717, 1.165) is 22.1 Å². The van der Waals surface area contributed by atoms with E-state index < -0.39 is 0 Å². The number of ether oxygens (including phenoxy) is 1. The smallest absolute Gasteiger partial charge is 0.305 e. The Morgan fingerprint density at radius 2 is 2.14 bits per heavy atom. The van der Waals surface area contributed by atoms with E-state index in [9.17, 15) is 9.59 Å². The highest BCUT2D eigenvalue weighted by Crippen LogP contribution is 2.22. The molecular formula is C17H21NO4. The van der Waals surface area contributed by atoms with Crippen molar-refractivity contribution in [3.8, 4) is 0 Å². The number of esters is 1. The molecule has 1 amide bonds. The summed E-state index contributed by atoms with van der Waals surface area (Å²) >= 11 is 0. The molecule has 1 aromatic heterocycles. The van der Waals surface area contributed by atoms with Gasteiger partial charge in [0, 0.05) is 23.9 Å². The van der Waals surface area contributed by atoms with Gasteiger partial charge >= 0.3 is 5.97 Å². The first-order valence-electron chi connectivity index (χ1n) is 7.49. The summed E-state index contributed by atoms with van der Waals surface area (Å²) in [5.74, 6) is -0.305. The minimum absolute atomic E-state index is 0.0767. The first kappa shape index (κ1) is 16.1. The lowest BCUT2D eigenvalue weighted by atomic mass is 10.1. The topological polar surface area (TPSA) is 68.5 Å². The van der Waals surface area contributed by atoms with Crippen LogP contribution < -0.4 is 5.32 Å². The highest BCUT2D eigenvalue weighted by molar-refractivity contribution is 5.87. The second-order valence-corrected chi connectivity index (χ2v) is 5.20. The maximum Gasteiger partial charge on any atom is 0.305 e. The van der Waals surface area contributed by atoms with Gasteiger partial charge in [0.15, 0.2) is 0 Å². The third-order valence-corrected chi connectivity index (χ3v) is 3.35. The van der Waals surface area contributed by atoms with Crippen molar-refractivity contribution < 1.29 is 18.7 Å². The summed E-state index contributed by atoms with van der Waals surface area (Å²) in [4.78, 5) is 23.1. The fourth-order valence-corrected chi connectivity index (χ4v) is 2.26. The Labute approximate surface area is 129 Å². The Hall–Kier alpha value is -2.30. The molecule has 118 valence electrons. The zero-order chi connectivity index (χ0) is 15.9. The van der Waals surface area contributed by atoms with Crippen LogP contribution in [-0.4, -0.2) is 25.0 Å². The highest BCUT2D eigenvalue weighted by Gasteiger charge is 2.10. The molecule has 5 heteroatoms. The minimum atomic E-state index is -0.229. The van der Waals surface area contributed by atoms with Crippen LogP contribution in [0.1, 0.15) is 30.9 Å². The van der Waals surface area contributed by atoms with Crippen LogP contribution in [0.4, 0.5) is 0 Å². The van der Waals surface area contributed by atoms with E-state index >= 15 is 0 Å². The fourth-order valence-electron chi connectivity index (χ4n) is 2.26. The van der Waals surface area contributed by atoms with Gasteiger partial charge in [0.1, 0.15) is 5.58 Å². The number of hydrogen-bond acceptors (Lipinski definition) is 4. The summed E-state index contributed by atoms with van der Waals surface area (Å²) in [6.45, 7) is 4.62. The summed E-state index contributed by atoms with van der Waals surface area (Å²) in [6.07, 6.45) is 2.80. The zero-order valence-corrected chi connectivity index (χ0v) is 13.0. The molecule has 0 aliphatic heterocycles. The summed E-state index contributed by atoms with van der Waals surface area (Å²) in [6, 6.07) is 5.92. The van der Waals surface area contributed by atoms with Crippen LogP contribution in [0.15, 0.2) is 28.9 Å². The Bertz CT molecular complexity index is 660. The first-order valence-corrected chi connectivity index (χ1v) is 7.49. The van der Waals surface area contributed by atoms with Gasteiger partial charge in [-0.05, 0) is 31.9 Å². The van der Waals surface area contributed by atoms with Crippen LogP contribution in [0, 0.1) is 6.92 Å². The van der Waals surface area contributed by atoms with E-state index in [1.165, 1.54) is 0 Å². The molecule has 1 aromatic carbocycles. The molecule has 1 N–H and O–H groups in total. The van der Waals surface area contributed by atoms with Crippen molar-refractivity contribution in [2.75, 3.05) is 13.2 Å². The molecule has 2 rings (SSSR count). The van der Waals surface area contributed by atoms with E-state index in [2.05, 4.69) is 5.32 Å². The molecule has 5 nitrogen and oxygen atoms in total. The number of benzene rings is 1. The number of nitrogens with one attached hydrogen (secondary N) is 1. The van der Waals surface area contributed by atoms with Crippen LogP contribution >= 0.6 is 0 Å². The summed E-state index contributed by atoms with van der Waals surface area (Å²) in [7, 11) is 0. The predicted molar refractivity (Wildman–Crippen MR) is 83.5 cm³/mol. The molecule has 0 atom stereocenters. The summed E-state index contributed by atoms with van der Waals surface area (Å²) in [5, 5.41) is 3.77. The van der Waals surface area contributed by atoms with Crippen molar-refractivity contribution in [3.05, 3.63) is 35.6 Å². The number of aryl methyl sites for hydroxylation is 1. The molecule has 0 spiro atoms. The fraction of sp³-hybridized carbons (Fsp3) is 0.412. The van der Waals surface area contributed by atoms with Gasteiger partial charge in [-0.1, -0.05) is 12.1 Å². The van der Waals surface area contributed by atoms with Gasteiger partial charge in [-0.15, -0.1) is 0 Å². The van der Waals surface area contributed by atoms with Gasteiger partial charge in [-0.25, -0.2) is 0 Å². The SMILES string of the molecule is CCOC(=O)CCCNC(=O)Cc1coc2cc(C)ccc12. The molecule has 0 unspecified atom stereocenters. The van der Waals surface area contributed by atoms with E-state index in [0.29, 0.717) is 26.0 Å². The second kappa shape index (κ2) is 7.64. The molecule has 22 heavy (non-hydrogen) atoms. The van der Waals surface area contributed by atoms with Crippen LogP contribution in [-0.2, 0) is 20.7 Å². The lowest BCUT2D eigenvalue weighted by Gasteiger charge is -2.04. The van der Waals surface area contributed by atoms with Gasteiger partial charge in [0.2, 0.25) is 5.91 Å². The van der Waals surface area contributed by atoms with Crippen molar-refractivity contribution in [1.82, 2.24) is 5.32 Å². The van der Waals surface area contributed by atoms with Gasteiger partial charge < -0.3 is 14.5 Å². The molecule has 0 aliphatic rings. The standard InChI is InChI=1S/C17H21NO4/c1-3-21-17(20)5-4-8-18-16(19)10-13-11-22-15-9-12(2)6-7-14(13)15/h6-7,9,11H,3-5,8,10H2,1-2H3,(H,18,19). The van der Waals surface area contributed by atoms with Crippen molar-refractivity contribution >= 4 is 22.8 Å². The lowest BCUT2D eigenvalue weighted by molar-refractivity contribution is -0.143. The predicted octanol–water partition coefficient (Wildman–Crippen LogP) is 2.74. The number of fused-ring (bicyclic) bond motifs is 1. The number of carbonyl (C=O) groups is 2. The molecule has 0 aliphatic carbocycles. The number of furan rings is 1. The van der Waals surface area contributed by atoms with Crippen molar-refractivity contribution in [3.63, 3.8) is 0 Å². The van der Waals surface area contributed by atoms with Crippen molar-refractivity contribution in [2.24, 2.45) is 0 Å². The van der Waals surface area contributed by atoms with Gasteiger partial charge in [0.05, 0.1) is 19.3 Å². The third-order valence-electron chi connectivity index (χ3n) is 3.35. The number of hydrogen-bond donors (Lipinski definition) is 1. The zero-order valence-electron chi connectivity index (χ0n) is 13.0. The quantitative estimate of drug-likeness (QED) is 0.631. The molecule has 1 heterocycles. The Morgan fingerprint density at radius 1 is 1.32 bits per heavy atom. The van der Waals surface area contributed by atoms with E-state index in [1.807, 2.05) is 25.1 Å². The van der Waals surface area contributed by atoms with Crippen LogP contribution in [0.25, 0.3) is 11.0 Å². The lowest BCUT2D eigenvalue weighted by Crippen LogP contribution is -2.26. The average Bonchev–Trinajstić information content (AvgIpc) is 2.86. The first-order chi connectivity index (χ1) is 10.6. The maximum atomic E-state index is 11.9. The normalized spacial score (nSPS) is 10.6. The summed E-state index contributed by atoms with van der Waals surface area (Å²) < 4.78 is 10.3. The summed E-state index contributed by atoms with van der Waals surface area (Å²) in [5.41, 5.74) is 2.79. The molecule has 2 aromatic rings. The van der Waals surface area contributed by atoms with Gasteiger partial charge in [-0.3, -0.25) is 9.59 Å². The van der Waals surface area contributed by atoms with Gasteiger partial charge in [0.25, 0.3) is 0 Å². The minimum Gasteiger partial charge on any atom is -0.466 e. The van der Waals surface area contributed by atoms with E-state index in [-0.39, 0.29) is 18.3 Å². The maximum absolute atomic E-state index is 11.9. The number of rotatable bonds is 7. The van der Waals surface area contributed by atoms with Crippen LogP contribution in [0.2, 0.25) is 0 Å². The molecule has 0 saturated heterocycles. The molecule has 0 saturated carbocycles. The van der Waals surface area contributed by atoms with E-state index in [1.54, 1.807) is 13.2 Å². The van der Waals surface area contributed by atoms with Crippen molar-refractivity contribution in [1.29, 1.82) is 0 Å². The Balaban J connectivity index is 1.80. The molecule has 0 radical (unpaired) electrons. The second-order valence-electron chi connectivity index (χ2n) is 5.20. The number of amides is 1. The highest BCUT2D eigenvalue weighted by atomic mass is 16.5. The molecule has 0 bridgehead atoms. The average molecular weight is 303 g/mol. The molecular weight excluding hydrogens is 282 g/mol. The molecule has 0 fully saturated rings. The van der Waals surface area contributed by atoms with Crippen molar-refractivity contribution in [2.45, 2.75) is 33.1 Å². The van der Waals surface area contributed by atoms with E-state index in [4.69, 9.17) is 9.15 Å². The third kappa shape index (κ3) is 4.35. The van der Waals surface area contributed by atoms with Crippen LogP contribution in [0.3, 0.4) is 0 Å². The largest absolute Gasteiger partial charge is 0.466 e. The Kier molecular flexibility index (Phi) is 5.58.